The Balaban J connectivity index is 1.40. The SMILES string of the molecule is CC(C)c1nccn1Cc1cccc(NC(=O)N2CCOC(c3ccc(F)cc3)C2)c1. The van der Waals surface area contributed by atoms with E-state index in [4.69, 9.17) is 4.74 Å². The van der Waals surface area contributed by atoms with Gasteiger partial charge < -0.3 is 19.5 Å². The number of benzene rings is 2. The molecule has 0 bridgehead atoms. The molecule has 1 atom stereocenters. The molecule has 0 spiro atoms. The molecule has 0 radical (unpaired) electrons. The Kier molecular flexibility index (Phi) is 6.32. The Bertz CT molecular complexity index is 1030. The van der Waals surface area contributed by atoms with Crippen LogP contribution in [0.3, 0.4) is 0 Å². The molecule has 1 aliphatic rings. The average molecular weight is 423 g/mol. The summed E-state index contributed by atoms with van der Waals surface area (Å²) in [5.74, 6) is 1.09. The third-order valence-corrected chi connectivity index (χ3v) is 5.39. The number of rotatable bonds is 5. The summed E-state index contributed by atoms with van der Waals surface area (Å²) in [6.07, 6.45) is 3.53. The summed E-state index contributed by atoms with van der Waals surface area (Å²) in [5, 5.41) is 3.00. The summed E-state index contributed by atoms with van der Waals surface area (Å²) in [4.78, 5) is 19.0. The van der Waals surface area contributed by atoms with Gasteiger partial charge in [-0.2, -0.15) is 0 Å². The van der Waals surface area contributed by atoms with Crippen molar-refractivity contribution in [2.24, 2.45) is 0 Å². The zero-order valence-electron chi connectivity index (χ0n) is 17.8. The standard InChI is InChI=1S/C24H27FN4O2/c1-17(2)23-26-10-11-28(23)15-18-4-3-5-21(14-18)27-24(30)29-12-13-31-22(16-29)19-6-8-20(25)9-7-19/h3-11,14,17,22H,12-13,15-16H2,1-2H3,(H,27,30). The van der Waals surface area contributed by atoms with E-state index in [1.807, 2.05) is 36.7 Å². The largest absolute Gasteiger partial charge is 0.370 e. The van der Waals surface area contributed by atoms with E-state index in [-0.39, 0.29) is 18.0 Å². The Hall–Kier alpha value is -3.19. The number of aromatic nitrogens is 2. The van der Waals surface area contributed by atoms with Crippen LogP contribution in [0.15, 0.2) is 60.9 Å². The van der Waals surface area contributed by atoms with Crippen LogP contribution in [0.2, 0.25) is 0 Å². The second kappa shape index (κ2) is 9.31. The van der Waals surface area contributed by atoms with Crippen molar-refractivity contribution < 1.29 is 13.9 Å². The third kappa shape index (κ3) is 5.11. The number of imidazole rings is 1. The maximum absolute atomic E-state index is 13.2. The number of ether oxygens (including phenoxy) is 1. The summed E-state index contributed by atoms with van der Waals surface area (Å²) in [5.41, 5.74) is 2.70. The maximum atomic E-state index is 13.2. The molecule has 7 heteroatoms. The van der Waals surface area contributed by atoms with Crippen molar-refractivity contribution in [2.75, 3.05) is 25.0 Å². The summed E-state index contributed by atoms with van der Waals surface area (Å²) in [6.45, 7) is 6.31. The number of nitrogens with one attached hydrogen (secondary N) is 1. The van der Waals surface area contributed by atoms with Gasteiger partial charge in [0.25, 0.3) is 0 Å². The molecule has 2 heterocycles. The number of hydrogen-bond acceptors (Lipinski definition) is 3. The number of carbonyl (C=O) groups is 1. The lowest BCUT2D eigenvalue weighted by molar-refractivity contribution is -0.0135. The fourth-order valence-electron chi connectivity index (χ4n) is 3.81. The molecule has 4 rings (SSSR count). The smallest absolute Gasteiger partial charge is 0.322 e. The van der Waals surface area contributed by atoms with Crippen molar-refractivity contribution in [1.29, 1.82) is 0 Å². The number of hydrogen-bond donors (Lipinski definition) is 1. The first kappa shape index (κ1) is 21.1. The van der Waals surface area contributed by atoms with Gasteiger partial charge in [-0.05, 0) is 35.4 Å². The minimum atomic E-state index is -0.287. The van der Waals surface area contributed by atoms with Crippen LogP contribution in [0, 0.1) is 5.82 Å². The van der Waals surface area contributed by atoms with Gasteiger partial charge in [0.05, 0.1) is 13.2 Å². The summed E-state index contributed by atoms with van der Waals surface area (Å²) >= 11 is 0. The molecule has 1 aliphatic heterocycles. The minimum Gasteiger partial charge on any atom is -0.370 e. The molecule has 1 saturated heterocycles. The number of urea groups is 1. The van der Waals surface area contributed by atoms with Crippen molar-refractivity contribution in [2.45, 2.75) is 32.4 Å². The van der Waals surface area contributed by atoms with Gasteiger partial charge in [0.2, 0.25) is 0 Å². The van der Waals surface area contributed by atoms with Gasteiger partial charge in [0.1, 0.15) is 17.7 Å². The first-order valence-electron chi connectivity index (χ1n) is 10.5. The van der Waals surface area contributed by atoms with Crippen molar-refractivity contribution in [3.05, 3.63) is 83.7 Å². The zero-order valence-corrected chi connectivity index (χ0v) is 17.8. The topological polar surface area (TPSA) is 59.4 Å². The molecule has 1 unspecified atom stereocenters. The Morgan fingerprint density at radius 2 is 2.06 bits per heavy atom. The fraction of sp³-hybridized carbons (Fsp3) is 0.333. The van der Waals surface area contributed by atoms with Crippen LogP contribution in [0.1, 0.15) is 42.8 Å². The van der Waals surface area contributed by atoms with Crippen LogP contribution in [-0.2, 0) is 11.3 Å². The number of halogens is 1. The molecule has 0 aliphatic carbocycles. The van der Waals surface area contributed by atoms with E-state index in [0.29, 0.717) is 32.2 Å². The zero-order chi connectivity index (χ0) is 21.8. The minimum absolute atomic E-state index is 0.168. The summed E-state index contributed by atoms with van der Waals surface area (Å²) in [6, 6.07) is 13.9. The van der Waals surface area contributed by atoms with E-state index in [0.717, 1.165) is 22.6 Å². The van der Waals surface area contributed by atoms with Crippen LogP contribution >= 0.6 is 0 Å². The van der Waals surface area contributed by atoms with Crippen LogP contribution in [0.25, 0.3) is 0 Å². The third-order valence-electron chi connectivity index (χ3n) is 5.39. The molecule has 162 valence electrons. The molecule has 31 heavy (non-hydrogen) atoms. The highest BCUT2D eigenvalue weighted by molar-refractivity contribution is 5.89. The fourth-order valence-corrected chi connectivity index (χ4v) is 3.81. The van der Waals surface area contributed by atoms with Crippen molar-refractivity contribution >= 4 is 11.7 Å². The van der Waals surface area contributed by atoms with E-state index in [2.05, 4.69) is 28.7 Å². The Labute approximate surface area is 181 Å². The Morgan fingerprint density at radius 3 is 2.84 bits per heavy atom. The lowest BCUT2D eigenvalue weighted by atomic mass is 10.1. The van der Waals surface area contributed by atoms with Gasteiger partial charge in [-0.3, -0.25) is 0 Å². The molecule has 3 aromatic rings. The quantitative estimate of drug-likeness (QED) is 0.643. The Morgan fingerprint density at radius 1 is 1.26 bits per heavy atom. The van der Waals surface area contributed by atoms with Crippen LogP contribution < -0.4 is 5.32 Å². The highest BCUT2D eigenvalue weighted by Gasteiger charge is 2.25. The van der Waals surface area contributed by atoms with Crippen LogP contribution in [0.5, 0.6) is 0 Å². The normalized spacial score (nSPS) is 16.5. The molecule has 2 amide bonds. The molecular weight excluding hydrogens is 395 g/mol. The van der Waals surface area contributed by atoms with Crippen molar-refractivity contribution in [3.8, 4) is 0 Å². The van der Waals surface area contributed by atoms with Crippen molar-refractivity contribution in [3.63, 3.8) is 0 Å². The van der Waals surface area contributed by atoms with Gasteiger partial charge in [0.15, 0.2) is 0 Å². The number of nitrogens with zero attached hydrogens (tertiary/aromatic N) is 3. The molecule has 1 N–H and O–H groups in total. The van der Waals surface area contributed by atoms with Gasteiger partial charge in [0, 0.05) is 37.1 Å². The molecule has 1 aromatic heterocycles. The van der Waals surface area contributed by atoms with E-state index in [1.165, 1.54) is 12.1 Å². The first-order valence-corrected chi connectivity index (χ1v) is 10.5. The summed E-state index contributed by atoms with van der Waals surface area (Å²) < 4.78 is 21.1. The number of anilines is 1. The van der Waals surface area contributed by atoms with Crippen LogP contribution in [-0.4, -0.2) is 40.2 Å². The van der Waals surface area contributed by atoms with E-state index in [9.17, 15) is 9.18 Å². The van der Waals surface area contributed by atoms with Gasteiger partial charge in [-0.15, -0.1) is 0 Å². The molecular formula is C24H27FN4O2. The average Bonchev–Trinajstić information content (AvgIpc) is 3.23. The first-order chi connectivity index (χ1) is 15.0. The molecule has 6 nitrogen and oxygen atoms in total. The predicted octanol–water partition coefficient (Wildman–Crippen LogP) is 4.80. The molecule has 2 aromatic carbocycles. The highest BCUT2D eigenvalue weighted by Crippen LogP contribution is 2.23. The number of carbonyl (C=O) groups excluding carboxylic acids is 1. The predicted molar refractivity (Wildman–Crippen MR) is 118 cm³/mol. The second-order valence-electron chi connectivity index (χ2n) is 8.06. The second-order valence-corrected chi connectivity index (χ2v) is 8.06. The molecule has 0 saturated carbocycles. The monoisotopic (exact) mass is 422 g/mol. The summed E-state index contributed by atoms with van der Waals surface area (Å²) in [7, 11) is 0. The van der Waals surface area contributed by atoms with E-state index < -0.39 is 0 Å². The lowest BCUT2D eigenvalue weighted by Crippen LogP contribution is -2.44. The van der Waals surface area contributed by atoms with Gasteiger partial charge in [-0.1, -0.05) is 38.1 Å². The van der Waals surface area contributed by atoms with Crippen molar-refractivity contribution in [1.82, 2.24) is 14.5 Å². The number of morpholine rings is 1. The van der Waals surface area contributed by atoms with Crippen LogP contribution in [0.4, 0.5) is 14.9 Å². The van der Waals surface area contributed by atoms with E-state index >= 15 is 0 Å². The van der Waals surface area contributed by atoms with Gasteiger partial charge >= 0.3 is 6.03 Å². The highest BCUT2D eigenvalue weighted by atomic mass is 19.1. The van der Waals surface area contributed by atoms with E-state index in [1.54, 1.807) is 17.0 Å². The number of amides is 2. The molecule has 1 fully saturated rings. The maximum Gasteiger partial charge on any atom is 0.322 e. The lowest BCUT2D eigenvalue weighted by Gasteiger charge is -2.33. The van der Waals surface area contributed by atoms with Gasteiger partial charge in [-0.25, -0.2) is 14.2 Å².